The van der Waals surface area contributed by atoms with E-state index in [4.69, 9.17) is 0 Å². The molecule has 2 aromatic carbocycles. The molecule has 0 fully saturated rings. The van der Waals surface area contributed by atoms with E-state index in [0.29, 0.717) is 11.3 Å². The third kappa shape index (κ3) is 4.18. The zero-order valence-electron chi connectivity index (χ0n) is 16.9. The third-order valence-electron chi connectivity index (χ3n) is 4.94. The summed E-state index contributed by atoms with van der Waals surface area (Å²) >= 11 is 0. The molecule has 0 bridgehead atoms. The van der Waals surface area contributed by atoms with Crippen molar-refractivity contribution in [2.45, 2.75) is 19.9 Å². The molecule has 1 heterocycles. The van der Waals surface area contributed by atoms with E-state index in [-0.39, 0.29) is 11.4 Å². The van der Waals surface area contributed by atoms with Gasteiger partial charge in [-0.3, -0.25) is 19.7 Å². The SMILES string of the molecule is Cc1cc(=O)c(C(=O)N(C)C(C)c2ccc(F)c(F)c2)nn1-c1ccccc1[N+](=O)[O-]. The number of rotatable bonds is 5. The van der Waals surface area contributed by atoms with Gasteiger partial charge in [0.05, 0.1) is 11.0 Å². The van der Waals surface area contributed by atoms with Gasteiger partial charge in [0.1, 0.15) is 5.69 Å². The van der Waals surface area contributed by atoms with Gasteiger partial charge < -0.3 is 4.90 Å². The molecule has 1 unspecified atom stereocenters. The maximum absolute atomic E-state index is 13.6. The van der Waals surface area contributed by atoms with E-state index in [0.717, 1.165) is 27.8 Å². The summed E-state index contributed by atoms with van der Waals surface area (Å²) in [6.45, 7) is 3.12. The standard InChI is InChI=1S/C21H18F2N4O4/c1-12-10-19(28)20(24-26(12)17-6-4-5-7-18(17)27(30)31)21(29)25(3)13(2)14-8-9-15(22)16(23)11-14/h4-11,13H,1-3H3. The van der Waals surface area contributed by atoms with Gasteiger partial charge in [-0.2, -0.15) is 5.10 Å². The van der Waals surface area contributed by atoms with E-state index in [1.54, 1.807) is 13.0 Å². The molecule has 0 saturated heterocycles. The lowest BCUT2D eigenvalue weighted by molar-refractivity contribution is -0.384. The molecule has 1 atom stereocenters. The molecule has 0 aliphatic carbocycles. The van der Waals surface area contributed by atoms with Crippen LogP contribution in [0.25, 0.3) is 5.69 Å². The Hall–Kier alpha value is -3.95. The molecule has 1 aromatic heterocycles. The smallest absolute Gasteiger partial charge is 0.294 e. The predicted molar refractivity (Wildman–Crippen MR) is 108 cm³/mol. The van der Waals surface area contributed by atoms with Crippen LogP contribution in [-0.2, 0) is 0 Å². The lowest BCUT2D eigenvalue weighted by Crippen LogP contribution is -2.35. The Morgan fingerprint density at radius 2 is 1.84 bits per heavy atom. The van der Waals surface area contributed by atoms with Gasteiger partial charge in [-0.05, 0) is 37.6 Å². The molecule has 0 saturated carbocycles. The Balaban J connectivity index is 2.04. The molecule has 0 spiro atoms. The maximum atomic E-state index is 13.6. The van der Waals surface area contributed by atoms with Crippen molar-refractivity contribution < 1.29 is 18.5 Å². The van der Waals surface area contributed by atoms with Gasteiger partial charge >= 0.3 is 0 Å². The number of nitrogens with zero attached hydrogens (tertiary/aromatic N) is 4. The number of amides is 1. The number of aryl methyl sites for hydroxylation is 1. The zero-order chi connectivity index (χ0) is 22.9. The number of carbonyl (C=O) groups excluding carboxylic acids is 1. The van der Waals surface area contributed by atoms with Crippen LogP contribution in [0.3, 0.4) is 0 Å². The molecule has 160 valence electrons. The lowest BCUT2D eigenvalue weighted by Gasteiger charge is -2.25. The number of carbonyl (C=O) groups is 1. The van der Waals surface area contributed by atoms with Crippen LogP contribution in [0.1, 0.15) is 34.7 Å². The van der Waals surface area contributed by atoms with Crippen molar-refractivity contribution in [2.75, 3.05) is 7.05 Å². The molecular formula is C21H18F2N4O4. The number of benzene rings is 2. The molecule has 1 amide bonds. The molecule has 0 radical (unpaired) electrons. The fourth-order valence-corrected chi connectivity index (χ4v) is 3.08. The predicted octanol–water partition coefficient (Wildman–Crippen LogP) is 3.56. The van der Waals surface area contributed by atoms with Crippen LogP contribution >= 0.6 is 0 Å². The molecule has 0 N–H and O–H groups in total. The van der Waals surface area contributed by atoms with Crippen LogP contribution in [0.2, 0.25) is 0 Å². The van der Waals surface area contributed by atoms with Crippen molar-refractivity contribution in [1.29, 1.82) is 0 Å². The normalized spacial score (nSPS) is 11.8. The lowest BCUT2D eigenvalue weighted by atomic mass is 10.1. The topological polar surface area (TPSA) is 98.3 Å². The van der Waals surface area contributed by atoms with Crippen LogP contribution in [-0.4, -0.2) is 32.6 Å². The highest BCUT2D eigenvalue weighted by molar-refractivity contribution is 5.92. The van der Waals surface area contributed by atoms with Crippen molar-refractivity contribution in [3.8, 4) is 5.69 Å². The summed E-state index contributed by atoms with van der Waals surface area (Å²) in [6.07, 6.45) is 0. The van der Waals surface area contributed by atoms with Crippen LogP contribution < -0.4 is 5.43 Å². The first kappa shape index (κ1) is 21.8. The first-order valence-corrected chi connectivity index (χ1v) is 9.18. The number of aromatic nitrogens is 2. The van der Waals surface area contributed by atoms with E-state index in [1.807, 2.05) is 0 Å². The summed E-state index contributed by atoms with van der Waals surface area (Å²) in [6, 6.07) is 9.50. The summed E-state index contributed by atoms with van der Waals surface area (Å²) in [5, 5.41) is 15.5. The van der Waals surface area contributed by atoms with Crippen LogP contribution in [0.5, 0.6) is 0 Å². The number of hydrogen-bond acceptors (Lipinski definition) is 5. The van der Waals surface area contributed by atoms with E-state index in [9.17, 15) is 28.5 Å². The average molecular weight is 428 g/mol. The number of para-hydroxylation sites is 2. The Bertz CT molecular complexity index is 1240. The largest absolute Gasteiger partial charge is 0.333 e. The highest BCUT2D eigenvalue weighted by atomic mass is 19.2. The molecule has 0 aliphatic heterocycles. The van der Waals surface area contributed by atoms with Crippen molar-refractivity contribution in [3.05, 3.63) is 97.5 Å². The molecule has 3 rings (SSSR count). The highest BCUT2D eigenvalue weighted by Gasteiger charge is 2.25. The Labute approximate surface area is 175 Å². The summed E-state index contributed by atoms with van der Waals surface area (Å²) < 4.78 is 28.0. The van der Waals surface area contributed by atoms with E-state index >= 15 is 0 Å². The number of nitro groups is 1. The van der Waals surface area contributed by atoms with E-state index in [2.05, 4.69) is 5.10 Å². The second kappa shape index (κ2) is 8.42. The quantitative estimate of drug-likeness (QED) is 0.457. The van der Waals surface area contributed by atoms with Gasteiger partial charge in [0, 0.05) is 24.9 Å². The fraction of sp³-hybridized carbons (Fsp3) is 0.190. The first-order chi connectivity index (χ1) is 14.6. The van der Waals surface area contributed by atoms with Crippen molar-refractivity contribution in [2.24, 2.45) is 0 Å². The third-order valence-corrected chi connectivity index (χ3v) is 4.94. The summed E-state index contributed by atoms with van der Waals surface area (Å²) in [7, 11) is 1.39. The molecule has 3 aromatic rings. The van der Waals surface area contributed by atoms with Crippen molar-refractivity contribution >= 4 is 11.6 Å². The van der Waals surface area contributed by atoms with Gasteiger partial charge in [-0.25, -0.2) is 13.5 Å². The second-order valence-corrected chi connectivity index (χ2v) is 6.92. The Morgan fingerprint density at radius 3 is 2.48 bits per heavy atom. The van der Waals surface area contributed by atoms with Gasteiger partial charge in [-0.15, -0.1) is 0 Å². The Kier molecular flexibility index (Phi) is 5.91. The molecule has 31 heavy (non-hydrogen) atoms. The minimum atomic E-state index is -1.06. The first-order valence-electron chi connectivity index (χ1n) is 9.18. The number of halogens is 2. The van der Waals surface area contributed by atoms with E-state index < -0.39 is 39.6 Å². The second-order valence-electron chi connectivity index (χ2n) is 6.92. The number of hydrogen-bond donors (Lipinski definition) is 0. The van der Waals surface area contributed by atoms with Crippen LogP contribution in [0.15, 0.2) is 53.3 Å². The molecule has 8 nitrogen and oxygen atoms in total. The summed E-state index contributed by atoms with van der Waals surface area (Å²) in [5.41, 5.74) is -0.658. The minimum absolute atomic E-state index is 0.0929. The van der Waals surface area contributed by atoms with Crippen molar-refractivity contribution in [1.82, 2.24) is 14.7 Å². The van der Waals surface area contributed by atoms with Gasteiger partial charge in [0.2, 0.25) is 5.43 Å². The maximum Gasteiger partial charge on any atom is 0.294 e. The number of nitro benzene ring substituents is 1. The fourth-order valence-electron chi connectivity index (χ4n) is 3.08. The van der Waals surface area contributed by atoms with Gasteiger partial charge in [0.25, 0.3) is 11.6 Å². The van der Waals surface area contributed by atoms with Crippen LogP contribution in [0.4, 0.5) is 14.5 Å². The highest BCUT2D eigenvalue weighted by Crippen LogP contribution is 2.24. The van der Waals surface area contributed by atoms with Gasteiger partial charge in [-0.1, -0.05) is 18.2 Å². The summed E-state index contributed by atoms with van der Waals surface area (Å²) in [5.74, 6) is -2.84. The average Bonchev–Trinajstić information content (AvgIpc) is 2.74. The van der Waals surface area contributed by atoms with Crippen molar-refractivity contribution in [3.63, 3.8) is 0 Å². The summed E-state index contributed by atoms with van der Waals surface area (Å²) in [4.78, 5) is 37.4. The zero-order valence-corrected chi connectivity index (χ0v) is 16.9. The van der Waals surface area contributed by atoms with E-state index in [1.165, 1.54) is 38.2 Å². The molecular weight excluding hydrogens is 410 g/mol. The molecule has 10 heteroatoms. The van der Waals surface area contributed by atoms with Gasteiger partial charge in [0.15, 0.2) is 17.3 Å². The molecule has 0 aliphatic rings. The van der Waals surface area contributed by atoms with Crippen LogP contribution in [0, 0.1) is 28.7 Å². The Morgan fingerprint density at radius 1 is 1.16 bits per heavy atom. The minimum Gasteiger partial charge on any atom is -0.333 e. The monoisotopic (exact) mass is 428 g/mol.